The van der Waals surface area contributed by atoms with Crippen molar-refractivity contribution in [1.82, 2.24) is 19.5 Å². The van der Waals surface area contributed by atoms with Gasteiger partial charge in [-0.25, -0.2) is 15.0 Å². The third kappa shape index (κ3) is 3.16. The van der Waals surface area contributed by atoms with Crippen LogP contribution in [-0.4, -0.2) is 40.8 Å². The van der Waals surface area contributed by atoms with E-state index in [4.69, 9.17) is 14.2 Å². The number of fused-ring (bicyclic) bond motifs is 1. The highest BCUT2D eigenvalue weighted by atomic mass is 16.5. The van der Waals surface area contributed by atoms with Gasteiger partial charge >= 0.3 is 0 Å². The van der Waals surface area contributed by atoms with Crippen molar-refractivity contribution in [2.75, 3.05) is 26.6 Å². The number of imidazole rings is 1. The van der Waals surface area contributed by atoms with Gasteiger partial charge in [0.25, 0.3) is 0 Å². The van der Waals surface area contributed by atoms with E-state index >= 15 is 0 Å². The molecular weight excluding hydrogens is 358 g/mol. The van der Waals surface area contributed by atoms with E-state index in [1.165, 1.54) is 6.33 Å². The maximum absolute atomic E-state index is 5.45. The Hall–Kier alpha value is -3.81. The number of anilines is 2. The molecule has 0 radical (unpaired) electrons. The number of hydrogen-bond acceptors (Lipinski definition) is 7. The van der Waals surface area contributed by atoms with Gasteiger partial charge < -0.3 is 19.5 Å². The van der Waals surface area contributed by atoms with Gasteiger partial charge in [0, 0.05) is 11.8 Å². The van der Waals surface area contributed by atoms with Crippen molar-refractivity contribution in [3.63, 3.8) is 0 Å². The van der Waals surface area contributed by atoms with Gasteiger partial charge in [-0.2, -0.15) is 0 Å². The van der Waals surface area contributed by atoms with Gasteiger partial charge in [-0.15, -0.1) is 0 Å². The predicted octanol–water partition coefficient (Wildman–Crippen LogP) is 3.58. The average Bonchev–Trinajstić information content (AvgIpc) is 3.19. The highest BCUT2D eigenvalue weighted by Crippen LogP contribution is 2.32. The Morgan fingerprint density at radius 3 is 2.29 bits per heavy atom. The molecule has 142 valence electrons. The summed E-state index contributed by atoms with van der Waals surface area (Å²) in [5.41, 5.74) is 3.02. The number of hydrogen-bond donors (Lipinski definition) is 1. The fourth-order valence-electron chi connectivity index (χ4n) is 2.89. The number of aromatic nitrogens is 4. The first-order valence-corrected chi connectivity index (χ1v) is 8.55. The standard InChI is InChI=1S/C20H19N5O3/c1-26-14-6-4-13(5-7-14)25-12-23-18-19(21-11-22-20(18)25)24-16-9-8-15(27-2)10-17(16)28-3/h4-12H,1-3H3,(H,21,22,24). The topological polar surface area (TPSA) is 83.3 Å². The van der Waals surface area contributed by atoms with Crippen LogP contribution in [0.15, 0.2) is 55.1 Å². The number of benzene rings is 2. The molecule has 4 aromatic rings. The van der Waals surface area contributed by atoms with Crippen LogP contribution in [0.4, 0.5) is 11.5 Å². The zero-order valence-electron chi connectivity index (χ0n) is 15.7. The number of nitrogens with one attached hydrogen (secondary N) is 1. The average molecular weight is 377 g/mol. The first-order valence-electron chi connectivity index (χ1n) is 8.55. The molecule has 8 nitrogen and oxygen atoms in total. The van der Waals surface area contributed by atoms with Crippen LogP contribution in [0.25, 0.3) is 16.9 Å². The molecule has 0 fully saturated rings. The van der Waals surface area contributed by atoms with Crippen molar-refractivity contribution in [3.05, 3.63) is 55.1 Å². The van der Waals surface area contributed by atoms with E-state index in [9.17, 15) is 0 Å². The Morgan fingerprint density at radius 1 is 0.821 bits per heavy atom. The van der Waals surface area contributed by atoms with Crippen molar-refractivity contribution >= 4 is 22.7 Å². The van der Waals surface area contributed by atoms with Crippen molar-refractivity contribution in [2.24, 2.45) is 0 Å². The lowest BCUT2D eigenvalue weighted by molar-refractivity contribution is 0.395. The van der Waals surface area contributed by atoms with Crippen LogP contribution in [0.1, 0.15) is 0 Å². The summed E-state index contributed by atoms with van der Waals surface area (Å²) in [5.74, 6) is 2.72. The Morgan fingerprint density at radius 2 is 1.57 bits per heavy atom. The fraction of sp³-hybridized carbons (Fsp3) is 0.150. The number of rotatable bonds is 6. The molecule has 4 rings (SSSR count). The molecule has 2 aromatic carbocycles. The molecule has 0 aliphatic heterocycles. The van der Waals surface area contributed by atoms with Crippen LogP contribution in [0, 0.1) is 0 Å². The summed E-state index contributed by atoms with van der Waals surface area (Å²) in [7, 11) is 4.86. The zero-order valence-corrected chi connectivity index (χ0v) is 15.7. The molecule has 0 aliphatic rings. The maximum Gasteiger partial charge on any atom is 0.170 e. The second-order valence-electron chi connectivity index (χ2n) is 5.90. The number of methoxy groups -OCH3 is 3. The van der Waals surface area contributed by atoms with Crippen LogP contribution in [-0.2, 0) is 0 Å². The van der Waals surface area contributed by atoms with Crippen molar-refractivity contribution < 1.29 is 14.2 Å². The molecule has 0 amide bonds. The van der Waals surface area contributed by atoms with E-state index in [1.807, 2.05) is 41.0 Å². The Bertz CT molecular complexity index is 1110. The van der Waals surface area contributed by atoms with Crippen LogP contribution >= 0.6 is 0 Å². The summed E-state index contributed by atoms with van der Waals surface area (Å²) >= 11 is 0. The van der Waals surface area contributed by atoms with Gasteiger partial charge in [0.15, 0.2) is 17.0 Å². The fourth-order valence-corrected chi connectivity index (χ4v) is 2.89. The molecule has 0 unspecified atom stereocenters. The molecule has 0 aliphatic carbocycles. The molecule has 0 atom stereocenters. The number of nitrogens with zero attached hydrogens (tertiary/aromatic N) is 4. The van der Waals surface area contributed by atoms with Crippen LogP contribution in [0.5, 0.6) is 17.2 Å². The minimum atomic E-state index is 0.584. The van der Waals surface area contributed by atoms with Crippen molar-refractivity contribution in [1.29, 1.82) is 0 Å². The van der Waals surface area contributed by atoms with E-state index < -0.39 is 0 Å². The Balaban J connectivity index is 1.72. The van der Waals surface area contributed by atoms with Gasteiger partial charge in [-0.1, -0.05) is 0 Å². The lowest BCUT2D eigenvalue weighted by Gasteiger charge is -2.12. The first-order chi connectivity index (χ1) is 13.7. The summed E-state index contributed by atoms with van der Waals surface area (Å²) in [4.78, 5) is 13.3. The van der Waals surface area contributed by atoms with E-state index in [1.54, 1.807) is 33.7 Å². The second-order valence-corrected chi connectivity index (χ2v) is 5.90. The molecule has 8 heteroatoms. The molecule has 0 saturated carbocycles. The largest absolute Gasteiger partial charge is 0.497 e. The molecule has 0 saturated heterocycles. The molecule has 28 heavy (non-hydrogen) atoms. The third-order valence-electron chi connectivity index (χ3n) is 4.35. The molecule has 2 aromatic heterocycles. The second kappa shape index (κ2) is 7.43. The molecule has 0 spiro atoms. The summed E-state index contributed by atoms with van der Waals surface area (Å²) in [5, 5.41) is 3.27. The minimum absolute atomic E-state index is 0.584. The summed E-state index contributed by atoms with van der Waals surface area (Å²) in [6.07, 6.45) is 3.22. The van der Waals surface area contributed by atoms with E-state index in [0.29, 0.717) is 28.5 Å². The maximum atomic E-state index is 5.45. The van der Waals surface area contributed by atoms with E-state index in [0.717, 1.165) is 17.1 Å². The van der Waals surface area contributed by atoms with Crippen molar-refractivity contribution in [3.8, 4) is 22.9 Å². The lowest BCUT2D eigenvalue weighted by Crippen LogP contribution is -2.00. The third-order valence-corrected chi connectivity index (χ3v) is 4.35. The SMILES string of the molecule is COc1ccc(-n2cnc3c(Nc4ccc(OC)cc4OC)ncnc32)cc1. The van der Waals surface area contributed by atoms with Crippen molar-refractivity contribution in [2.45, 2.75) is 0 Å². The first kappa shape index (κ1) is 17.6. The normalized spacial score (nSPS) is 10.7. The van der Waals surface area contributed by atoms with Gasteiger partial charge in [0.2, 0.25) is 0 Å². The highest BCUT2D eigenvalue weighted by molar-refractivity contribution is 5.87. The van der Waals surface area contributed by atoms with Gasteiger partial charge in [-0.3, -0.25) is 4.57 Å². The minimum Gasteiger partial charge on any atom is -0.497 e. The van der Waals surface area contributed by atoms with E-state index in [2.05, 4.69) is 20.3 Å². The monoisotopic (exact) mass is 377 g/mol. The predicted molar refractivity (Wildman–Crippen MR) is 106 cm³/mol. The quantitative estimate of drug-likeness (QED) is 0.550. The Kier molecular flexibility index (Phi) is 4.67. The zero-order chi connectivity index (χ0) is 19.5. The highest BCUT2D eigenvalue weighted by Gasteiger charge is 2.13. The molecule has 1 N–H and O–H groups in total. The van der Waals surface area contributed by atoms with Crippen LogP contribution < -0.4 is 19.5 Å². The summed E-state index contributed by atoms with van der Waals surface area (Å²) in [6.45, 7) is 0. The van der Waals surface area contributed by atoms with Crippen LogP contribution in [0.2, 0.25) is 0 Å². The van der Waals surface area contributed by atoms with Gasteiger partial charge in [-0.05, 0) is 36.4 Å². The van der Waals surface area contributed by atoms with Gasteiger partial charge in [0.1, 0.15) is 29.9 Å². The van der Waals surface area contributed by atoms with Crippen LogP contribution in [0.3, 0.4) is 0 Å². The summed E-state index contributed by atoms with van der Waals surface area (Å²) < 4.78 is 17.8. The Labute approximate surface area is 161 Å². The number of ether oxygens (including phenoxy) is 3. The molecule has 2 heterocycles. The molecular formula is C20H19N5O3. The lowest BCUT2D eigenvalue weighted by atomic mass is 10.2. The summed E-state index contributed by atoms with van der Waals surface area (Å²) in [6, 6.07) is 13.2. The smallest absolute Gasteiger partial charge is 0.170 e. The molecule has 0 bridgehead atoms. The van der Waals surface area contributed by atoms with E-state index in [-0.39, 0.29) is 0 Å². The van der Waals surface area contributed by atoms with Gasteiger partial charge in [0.05, 0.1) is 27.0 Å².